The molecule has 2 aliphatic rings. The van der Waals surface area contributed by atoms with Gasteiger partial charge in [0, 0.05) is 19.1 Å². The third-order valence-corrected chi connectivity index (χ3v) is 3.40. The molecular weight excluding hydrogens is 206 g/mol. The first-order valence-corrected chi connectivity index (χ1v) is 6.03. The van der Waals surface area contributed by atoms with Gasteiger partial charge in [-0.1, -0.05) is 0 Å². The minimum atomic E-state index is -0.278. The number of likely N-dealkylation sites (tertiary alicyclic amines) is 1. The van der Waals surface area contributed by atoms with Crippen molar-refractivity contribution in [2.75, 3.05) is 26.7 Å². The van der Waals surface area contributed by atoms with E-state index in [1.54, 1.807) is 0 Å². The summed E-state index contributed by atoms with van der Waals surface area (Å²) in [6.07, 6.45) is 2.53. The summed E-state index contributed by atoms with van der Waals surface area (Å²) >= 11 is 0. The summed E-state index contributed by atoms with van der Waals surface area (Å²) in [5, 5.41) is 3.05. The Morgan fingerprint density at radius 3 is 2.88 bits per heavy atom. The molecule has 0 aromatic carbocycles. The van der Waals surface area contributed by atoms with Gasteiger partial charge < -0.3 is 20.7 Å². The van der Waals surface area contributed by atoms with E-state index in [-0.39, 0.29) is 24.2 Å². The van der Waals surface area contributed by atoms with Gasteiger partial charge in [-0.3, -0.25) is 4.79 Å². The molecule has 2 saturated heterocycles. The van der Waals surface area contributed by atoms with Crippen molar-refractivity contribution in [1.29, 1.82) is 0 Å². The van der Waals surface area contributed by atoms with Gasteiger partial charge in [0.1, 0.15) is 6.10 Å². The van der Waals surface area contributed by atoms with E-state index < -0.39 is 0 Å². The number of amides is 1. The predicted octanol–water partition coefficient (Wildman–Crippen LogP) is -0.687. The van der Waals surface area contributed by atoms with E-state index in [1.165, 1.54) is 0 Å². The Morgan fingerprint density at radius 1 is 1.50 bits per heavy atom. The normalized spacial score (nSPS) is 35.5. The Morgan fingerprint density at radius 2 is 2.31 bits per heavy atom. The van der Waals surface area contributed by atoms with E-state index in [0.29, 0.717) is 6.54 Å². The van der Waals surface area contributed by atoms with Gasteiger partial charge in [0.15, 0.2) is 0 Å². The van der Waals surface area contributed by atoms with Gasteiger partial charge >= 0.3 is 0 Å². The third kappa shape index (κ3) is 2.72. The van der Waals surface area contributed by atoms with Gasteiger partial charge in [-0.2, -0.15) is 0 Å². The number of rotatable bonds is 3. The second kappa shape index (κ2) is 5.12. The predicted molar refractivity (Wildman–Crippen MR) is 61.0 cm³/mol. The highest BCUT2D eigenvalue weighted by molar-refractivity contribution is 5.81. The van der Waals surface area contributed by atoms with Crippen molar-refractivity contribution in [2.24, 2.45) is 5.73 Å². The monoisotopic (exact) mass is 227 g/mol. The Balaban J connectivity index is 1.76. The first kappa shape index (κ1) is 11.8. The van der Waals surface area contributed by atoms with Gasteiger partial charge in [-0.15, -0.1) is 0 Å². The van der Waals surface area contributed by atoms with E-state index in [9.17, 15) is 4.79 Å². The van der Waals surface area contributed by atoms with Crippen LogP contribution in [0.3, 0.4) is 0 Å². The van der Waals surface area contributed by atoms with Crippen LogP contribution in [0.2, 0.25) is 0 Å². The van der Waals surface area contributed by atoms with Crippen LogP contribution in [-0.4, -0.2) is 55.7 Å². The van der Waals surface area contributed by atoms with Crippen LogP contribution in [0.25, 0.3) is 0 Å². The van der Waals surface area contributed by atoms with E-state index in [0.717, 1.165) is 32.4 Å². The average molecular weight is 227 g/mol. The quantitative estimate of drug-likeness (QED) is 0.670. The SMILES string of the molecule is CN1CCC(NC(=O)C2CCC(CN)O2)C1. The van der Waals surface area contributed by atoms with Crippen LogP contribution in [0, 0.1) is 0 Å². The van der Waals surface area contributed by atoms with Gasteiger partial charge in [0.25, 0.3) is 0 Å². The fourth-order valence-electron chi connectivity index (χ4n) is 2.42. The molecule has 1 amide bonds. The molecule has 0 aliphatic carbocycles. The fraction of sp³-hybridized carbons (Fsp3) is 0.909. The number of carbonyl (C=O) groups is 1. The summed E-state index contributed by atoms with van der Waals surface area (Å²) in [5.41, 5.74) is 5.51. The van der Waals surface area contributed by atoms with Crippen LogP contribution in [0.1, 0.15) is 19.3 Å². The largest absolute Gasteiger partial charge is 0.364 e. The van der Waals surface area contributed by atoms with E-state index in [2.05, 4.69) is 17.3 Å². The molecule has 3 unspecified atom stereocenters. The maximum Gasteiger partial charge on any atom is 0.249 e. The van der Waals surface area contributed by atoms with Crippen molar-refractivity contribution in [3.63, 3.8) is 0 Å². The first-order chi connectivity index (χ1) is 7.69. The summed E-state index contributed by atoms with van der Waals surface area (Å²) in [5.74, 6) is 0.0382. The van der Waals surface area contributed by atoms with Crippen LogP contribution < -0.4 is 11.1 Å². The Hall–Kier alpha value is -0.650. The number of ether oxygens (including phenoxy) is 1. The van der Waals surface area contributed by atoms with Crippen molar-refractivity contribution in [3.05, 3.63) is 0 Å². The lowest BCUT2D eigenvalue weighted by Crippen LogP contribution is -2.42. The highest BCUT2D eigenvalue weighted by Crippen LogP contribution is 2.19. The summed E-state index contributed by atoms with van der Waals surface area (Å²) in [6, 6.07) is 0.290. The highest BCUT2D eigenvalue weighted by atomic mass is 16.5. The van der Waals surface area contributed by atoms with E-state index in [1.807, 2.05) is 0 Å². The zero-order chi connectivity index (χ0) is 11.5. The molecular formula is C11H21N3O2. The fourth-order valence-corrected chi connectivity index (χ4v) is 2.42. The highest BCUT2D eigenvalue weighted by Gasteiger charge is 2.31. The minimum absolute atomic E-state index is 0.0382. The number of hydrogen-bond acceptors (Lipinski definition) is 4. The number of hydrogen-bond donors (Lipinski definition) is 2. The van der Waals surface area contributed by atoms with Crippen LogP contribution in [0.15, 0.2) is 0 Å². The zero-order valence-electron chi connectivity index (χ0n) is 9.82. The molecule has 2 aliphatic heterocycles. The molecule has 5 nitrogen and oxygen atoms in total. The lowest BCUT2D eigenvalue weighted by molar-refractivity contribution is -0.132. The maximum atomic E-state index is 11.9. The summed E-state index contributed by atoms with van der Waals surface area (Å²) in [7, 11) is 2.07. The molecule has 0 spiro atoms. The van der Waals surface area contributed by atoms with Crippen molar-refractivity contribution in [2.45, 2.75) is 37.5 Å². The third-order valence-electron chi connectivity index (χ3n) is 3.40. The minimum Gasteiger partial charge on any atom is -0.364 e. The maximum absolute atomic E-state index is 11.9. The van der Waals surface area contributed by atoms with Crippen molar-refractivity contribution < 1.29 is 9.53 Å². The molecule has 5 heteroatoms. The van der Waals surface area contributed by atoms with Crippen molar-refractivity contribution >= 4 is 5.91 Å². The number of nitrogens with zero attached hydrogens (tertiary/aromatic N) is 1. The standard InChI is InChI=1S/C11H21N3O2/c1-14-5-4-8(7-14)13-11(15)10-3-2-9(6-12)16-10/h8-10H,2-7,12H2,1H3,(H,13,15). The molecule has 0 saturated carbocycles. The van der Waals surface area contributed by atoms with E-state index in [4.69, 9.17) is 10.5 Å². The van der Waals surface area contributed by atoms with Gasteiger partial charge in [-0.05, 0) is 32.9 Å². The van der Waals surface area contributed by atoms with Crippen molar-refractivity contribution in [3.8, 4) is 0 Å². The van der Waals surface area contributed by atoms with Gasteiger partial charge in [0.05, 0.1) is 6.10 Å². The molecule has 0 aromatic heterocycles. The molecule has 2 heterocycles. The topological polar surface area (TPSA) is 67.6 Å². The number of nitrogens with one attached hydrogen (secondary N) is 1. The number of nitrogens with two attached hydrogens (primary N) is 1. The molecule has 92 valence electrons. The molecule has 0 bridgehead atoms. The Kier molecular flexibility index (Phi) is 3.78. The van der Waals surface area contributed by atoms with Crippen molar-refractivity contribution in [1.82, 2.24) is 10.2 Å². The Bertz CT molecular complexity index is 260. The van der Waals surface area contributed by atoms with E-state index >= 15 is 0 Å². The van der Waals surface area contributed by atoms with Crippen LogP contribution in [0.4, 0.5) is 0 Å². The second-order valence-electron chi connectivity index (χ2n) is 4.82. The Labute approximate surface area is 96.3 Å². The number of carbonyl (C=O) groups excluding carboxylic acids is 1. The molecule has 16 heavy (non-hydrogen) atoms. The molecule has 0 aromatic rings. The molecule has 2 rings (SSSR count). The molecule has 0 radical (unpaired) electrons. The summed E-state index contributed by atoms with van der Waals surface area (Å²) in [6.45, 7) is 2.51. The first-order valence-electron chi connectivity index (χ1n) is 6.03. The van der Waals surface area contributed by atoms with Crippen LogP contribution in [0.5, 0.6) is 0 Å². The van der Waals surface area contributed by atoms with Crippen LogP contribution >= 0.6 is 0 Å². The lowest BCUT2D eigenvalue weighted by Gasteiger charge is -2.17. The average Bonchev–Trinajstić information content (AvgIpc) is 2.87. The van der Waals surface area contributed by atoms with Gasteiger partial charge in [-0.25, -0.2) is 0 Å². The molecule has 3 N–H and O–H groups in total. The molecule has 3 atom stereocenters. The summed E-state index contributed by atoms with van der Waals surface area (Å²) < 4.78 is 5.56. The smallest absolute Gasteiger partial charge is 0.249 e. The molecule has 2 fully saturated rings. The number of likely N-dealkylation sites (N-methyl/N-ethyl adjacent to an activating group) is 1. The zero-order valence-corrected chi connectivity index (χ0v) is 9.82. The van der Waals surface area contributed by atoms with Crippen LogP contribution in [-0.2, 0) is 9.53 Å². The lowest BCUT2D eigenvalue weighted by atomic mass is 10.1. The summed E-state index contributed by atoms with van der Waals surface area (Å²) in [4.78, 5) is 14.1. The second-order valence-corrected chi connectivity index (χ2v) is 4.82. The van der Waals surface area contributed by atoms with Gasteiger partial charge in [0.2, 0.25) is 5.91 Å².